The lowest BCUT2D eigenvalue weighted by molar-refractivity contribution is -0.136. The third-order valence-corrected chi connectivity index (χ3v) is 4.37. The molecule has 24 heavy (non-hydrogen) atoms. The zero-order chi connectivity index (χ0) is 17.1. The molecule has 6 heteroatoms. The minimum Gasteiger partial charge on any atom is -0.375 e. The predicted octanol–water partition coefficient (Wildman–Crippen LogP) is 2.70. The number of hydrogen-bond acceptors (Lipinski definition) is 4. The normalized spacial score (nSPS) is 17.7. The van der Waals surface area contributed by atoms with Gasteiger partial charge >= 0.3 is 0 Å². The molecule has 3 heterocycles. The number of carbonyl (C=O) groups excluding carboxylic acids is 1. The van der Waals surface area contributed by atoms with Crippen LogP contribution in [0.3, 0.4) is 0 Å². The van der Waals surface area contributed by atoms with E-state index in [-0.39, 0.29) is 18.6 Å². The number of ether oxygens (including phenoxy) is 1. The van der Waals surface area contributed by atoms with E-state index < -0.39 is 0 Å². The quantitative estimate of drug-likeness (QED) is 0.847. The second-order valence-electron chi connectivity index (χ2n) is 6.41. The highest BCUT2D eigenvalue weighted by Gasteiger charge is 2.30. The highest BCUT2D eigenvalue weighted by atomic mass is 16.5. The van der Waals surface area contributed by atoms with Crippen LogP contribution in [0.1, 0.15) is 50.2 Å². The highest BCUT2D eigenvalue weighted by Crippen LogP contribution is 2.31. The third-order valence-electron chi connectivity index (χ3n) is 4.37. The molecule has 0 aliphatic carbocycles. The van der Waals surface area contributed by atoms with Crippen LogP contribution < -0.4 is 0 Å². The van der Waals surface area contributed by atoms with Gasteiger partial charge < -0.3 is 9.64 Å². The molecule has 1 saturated heterocycles. The number of rotatable bonds is 5. The van der Waals surface area contributed by atoms with E-state index in [9.17, 15) is 4.79 Å². The summed E-state index contributed by atoms with van der Waals surface area (Å²) in [5.41, 5.74) is 0.929. The van der Waals surface area contributed by atoms with Crippen molar-refractivity contribution in [2.75, 3.05) is 20.3 Å². The number of nitrogens with zero attached hydrogens (tertiary/aromatic N) is 4. The zero-order valence-electron chi connectivity index (χ0n) is 14.5. The van der Waals surface area contributed by atoms with Gasteiger partial charge in [-0.25, -0.2) is 9.97 Å². The van der Waals surface area contributed by atoms with Crippen molar-refractivity contribution in [1.29, 1.82) is 0 Å². The van der Waals surface area contributed by atoms with E-state index >= 15 is 0 Å². The summed E-state index contributed by atoms with van der Waals surface area (Å²) in [6.45, 7) is 5.12. The van der Waals surface area contributed by atoms with Gasteiger partial charge in [-0.15, -0.1) is 0 Å². The van der Waals surface area contributed by atoms with Crippen molar-refractivity contribution >= 4 is 5.91 Å². The van der Waals surface area contributed by atoms with Crippen molar-refractivity contribution in [3.63, 3.8) is 0 Å². The second-order valence-corrected chi connectivity index (χ2v) is 6.41. The maximum absolute atomic E-state index is 12.2. The summed E-state index contributed by atoms with van der Waals surface area (Å²) in [6, 6.07) is 6.00. The number of carbonyl (C=O) groups is 1. The van der Waals surface area contributed by atoms with E-state index in [1.807, 2.05) is 33.9 Å². The van der Waals surface area contributed by atoms with Gasteiger partial charge in [-0.2, -0.15) is 0 Å². The van der Waals surface area contributed by atoms with Crippen LogP contribution in [0.2, 0.25) is 0 Å². The van der Waals surface area contributed by atoms with Gasteiger partial charge in [0.05, 0.1) is 11.7 Å². The Morgan fingerprint density at radius 1 is 1.42 bits per heavy atom. The fourth-order valence-corrected chi connectivity index (χ4v) is 3.27. The molecule has 1 aliphatic rings. The van der Waals surface area contributed by atoms with Gasteiger partial charge in [0.15, 0.2) is 0 Å². The molecule has 0 bridgehead atoms. The van der Waals surface area contributed by atoms with Crippen LogP contribution in [-0.4, -0.2) is 45.6 Å². The van der Waals surface area contributed by atoms with Crippen molar-refractivity contribution in [1.82, 2.24) is 19.4 Å². The van der Waals surface area contributed by atoms with Gasteiger partial charge in [-0.3, -0.25) is 9.36 Å². The summed E-state index contributed by atoms with van der Waals surface area (Å²) in [7, 11) is 1.55. The highest BCUT2D eigenvalue weighted by molar-refractivity contribution is 5.78. The van der Waals surface area contributed by atoms with Gasteiger partial charge in [0.1, 0.15) is 18.2 Å². The molecule has 0 saturated carbocycles. The molecule has 2 aromatic rings. The summed E-state index contributed by atoms with van der Waals surface area (Å²) in [5, 5.41) is 0. The number of imidazole rings is 1. The number of hydrogen-bond donors (Lipinski definition) is 0. The van der Waals surface area contributed by atoms with Crippen molar-refractivity contribution in [3.05, 3.63) is 42.1 Å². The molecular formula is C18H24N4O2. The monoisotopic (exact) mass is 328 g/mol. The number of likely N-dealkylation sites (tertiary alicyclic amines) is 1. The Morgan fingerprint density at radius 2 is 2.25 bits per heavy atom. The summed E-state index contributed by atoms with van der Waals surface area (Å²) in [4.78, 5) is 23.4. The molecule has 6 nitrogen and oxygen atoms in total. The van der Waals surface area contributed by atoms with Crippen molar-refractivity contribution in [2.24, 2.45) is 0 Å². The Hall–Kier alpha value is -2.21. The molecule has 1 fully saturated rings. The van der Waals surface area contributed by atoms with Crippen LogP contribution in [0.15, 0.2) is 30.6 Å². The maximum Gasteiger partial charge on any atom is 0.249 e. The minimum absolute atomic E-state index is 0.0257. The predicted molar refractivity (Wildman–Crippen MR) is 91.0 cm³/mol. The molecule has 0 N–H and O–H groups in total. The van der Waals surface area contributed by atoms with Crippen LogP contribution in [0.25, 0.3) is 5.82 Å². The fraction of sp³-hybridized carbons (Fsp3) is 0.500. The molecule has 128 valence electrons. The van der Waals surface area contributed by atoms with Gasteiger partial charge in [0.25, 0.3) is 0 Å². The van der Waals surface area contributed by atoms with E-state index in [1.54, 1.807) is 13.3 Å². The first-order valence-corrected chi connectivity index (χ1v) is 8.40. The van der Waals surface area contributed by atoms with Crippen molar-refractivity contribution in [3.8, 4) is 5.82 Å². The average Bonchev–Trinajstić information content (AvgIpc) is 3.24. The number of pyridine rings is 1. The Morgan fingerprint density at radius 3 is 3.00 bits per heavy atom. The largest absolute Gasteiger partial charge is 0.375 e. The van der Waals surface area contributed by atoms with Crippen LogP contribution in [0.4, 0.5) is 0 Å². The van der Waals surface area contributed by atoms with Crippen molar-refractivity contribution in [2.45, 2.75) is 38.6 Å². The van der Waals surface area contributed by atoms with Crippen LogP contribution in [0.5, 0.6) is 0 Å². The van der Waals surface area contributed by atoms with Crippen LogP contribution in [-0.2, 0) is 9.53 Å². The van der Waals surface area contributed by atoms with Crippen LogP contribution in [0, 0.1) is 0 Å². The number of amides is 1. The first-order valence-electron chi connectivity index (χ1n) is 8.40. The van der Waals surface area contributed by atoms with Gasteiger partial charge in [0, 0.05) is 32.0 Å². The molecule has 0 aromatic carbocycles. The Kier molecular flexibility index (Phi) is 4.94. The van der Waals surface area contributed by atoms with E-state index in [4.69, 9.17) is 9.72 Å². The van der Waals surface area contributed by atoms with Crippen LogP contribution >= 0.6 is 0 Å². The molecule has 2 aromatic heterocycles. The molecule has 1 aliphatic heterocycles. The second kappa shape index (κ2) is 7.13. The molecule has 1 amide bonds. The summed E-state index contributed by atoms with van der Waals surface area (Å²) in [6.07, 6.45) is 5.67. The van der Waals surface area contributed by atoms with E-state index in [2.05, 4.69) is 18.8 Å². The fourth-order valence-electron chi connectivity index (χ4n) is 3.27. The maximum atomic E-state index is 12.2. The SMILES string of the molecule is COCC(=O)N1CCCC1c1cccc(-n2ccnc2C(C)C)n1. The Bertz CT molecular complexity index is 711. The average molecular weight is 328 g/mol. The topological polar surface area (TPSA) is 60.2 Å². The lowest BCUT2D eigenvalue weighted by Crippen LogP contribution is -2.33. The molecule has 0 radical (unpaired) electrons. The Labute approximate surface area is 142 Å². The summed E-state index contributed by atoms with van der Waals surface area (Å²) in [5.74, 6) is 2.17. The third kappa shape index (κ3) is 3.19. The smallest absolute Gasteiger partial charge is 0.249 e. The van der Waals surface area contributed by atoms with Gasteiger partial charge in [-0.05, 0) is 25.0 Å². The molecule has 1 atom stereocenters. The molecule has 3 rings (SSSR count). The van der Waals surface area contributed by atoms with E-state index in [1.165, 1.54) is 0 Å². The van der Waals surface area contributed by atoms with E-state index in [0.29, 0.717) is 5.92 Å². The summed E-state index contributed by atoms with van der Waals surface area (Å²) < 4.78 is 7.02. The summed E-state index contributed by atoms with van der Waals surface area (Å²) >= 11 is 0. The molecule has 1 unspecified atom stereocenters. The number of methoxy groups -OCH3 is 1. The first kappa shape index (κ1) is 16.6. The van der Waals surface area contributed by atoms with Gasteiger partial charge in [0.2, 0.25) is 5.91 Å². The Balaban J connectivity index is 1.90. The minimum atomic E-state index is 0.0257. The van der Waals surface area contributed by atoms with Crippen molar-refractivity contribution < 1.29 is 9.53 Å². The lowest BCUT2D eigenvalue weighted by atomic mass is 10.1. The lowest BCUT2D eigenvalue weighted by Gasteiger charge is -2.24. The molecule has 0 spiro atoms. The van der Waals surface area contributed by atoms with Gasteiger partial charge in [-0.1, -0.05) is 19.9 Å². The zero-order valence-corrected chi connectivity index (χ0v) is 14.5. The standard InChI is InChI=1S/C18H24N4O2/c1-13(2)18-19-9-11-22(18)16-8-4-6-14(20-16)15-7-5-10-21(15)17(23)12-24-3/h4,6,8-9,11,13,15H,5,7,10,12H2,1-3H3. The first-order chi connectivity index (χ1) is 11.6. The molecular weight excluding hydrogens is 304 g/mol. The van der Waals surface area contributed by atoms with E-state index in [0.717, 1.165) is 36.7 Å². The number of aromatic nitrogens is 3.